The Labute approximate surface area is 145 Å². The number of rotatable bonds is 12. The number of carboxylic acid groups (broad SMARTS) is 4. The highest BCUT2D eigenvalue weighted by molar-refractivity contribution is 6.53. The van der Waals surface area contributed by atoms with Crippen LogP contribution in [0.5, 0.6) is 0 Å². The molecule has 0 aromatic carbocycles. The van der Waals surface area contributed by atoms with Gasteiger partial charge in [-0.1, -0.05) is 11.5 Å². The van der Waals surface area contributed by atoms with Gasteiger partial charge in [-0.15, -0.1) is 5.98 Å². The first kappa shape index (κ1) is 20.5. The highest BCUT2D eigenvalue weighted by atomic mass is 16.4. The zero-order chi connectivity index (χ0) is 19.0. The Morgan fingerprint density at radius 2 is 1.32 bits per heavy atom. The van der Waals surface area contributed by atoms with E-state index in [1.54, 1.807) is 12.1 Å². The zero-order valence-electron chi connectivity index (χ0n) is 13.7. The summed E-state index contributed by atoms with van der Waals surface area (Å²) in [6, 6.07) is 0. The molecule has 136 valence electrons. The van der Waals surface area contributed by atoms with E-state index in [0.717, 1.165) is 0 Å². The number of hydrogen-bond acceptors (Lipinski definition) is 4. The highest BCUT2D eigenvalue weighted by Crippen LogP contribution is 2.32. The van der Waals surface area contributed by atoms with E-state index in [-0.39, 0.29) is 38.5 Å². The van der Waals surface area contributed by atoms with Gasteiger partial charge in [-0.3, -0.25) is 19.2 Å². The average Bonchev–Trinajstić information content (AvgIpc) is 2.95. The molecule has 0 aromatic rings. The molecule has 25 heavy (non-hydrogen) atoms. The summed E-state index contributed by atoms with van der Waals surface area (Å²) in [7, 11) is 0.308. The Balaban J connectivity index is 2.97. The Kier molecular flexibility index (Phi) is 7.91. The minimum Gasteiger partial charge on any atom is -0.481 e. The van der Waals surface area contributed by atoms with E-state index in [9.17, 15) is 29.4 Å². The maximum atomic E-state index is 11.6. The number of allylic oxidation sites excluding steroid dienone is 1. The van der Waals surface area contributed by atoms with E-state index in [0.29, 0.717) is 18.3 Å². The largest absolute Gasteiger partial charge is 0.481 e. The third kappa shape index (κ3) is 6.44. The van der Waals surface area contributed by atoms with Crippen LogP contribution in [0.25, 0.3) is 0 Å². The van der Waals surface area contributed by atoms with Crippen molar-refractivity contribution >= 4 is 31.2 Å². The predicted molar refractivity (Wildman–Crippen MR) is 88.5 cm³/mol. The van der Waals surface area contributed by atoms with E-state index in [2.05, 4.69) is 0 Å². The lowest BCUT2D eigenvalue weighted by Gasteiger charge is -2.20. The summed E-state index contributed by atoms with van der Waals surface area (Å²) < 4.78 is 0. The predicted octanol–water partition coefficient (Wildman–Crippen LogP) is 1.12. The molecule has 0 bridgehead atoms. The molecular weight excluding hydrogens is 331 g/mol. The van der Waals surface area contributed by atoms with Crippen LogP contribution in [0.1, 0.15) is 38.5 Å². The first-order valence-electron chi connectivity index (χ1n) is 8.02. The molecule has 0 radical (unpaired) electrons. The lowest BCUT2D eigenvalue weighted by molar-refractivity contribution is -0.142. The summed E-state index contributed by atoms with van der Waals surface area (Å²) in [6.07, 6.45) is 1.85. The Hall–Kier alpha value is -2.58. The van der Waals surface area contributed by atoms with Crippen molar-refractivity contribution in [3.63, 3.8) is 0 Å². The van der Waals surface area contributed by atoms with Gasteiger partial charge < -0.3 is 20.4 Å². The number of carbonyl (C=O) groups is 4. The lowest BCUT2D eigenvalue weighted by atomic mass is 9.64. The monoisotopic (exact) mass is 352 g/mol. The molecular formula is C16H21BO8. The molecule has 0 aromatic heterocycles. The minimum atomic E-state index is -1.13. The van der Waals surface area contributed by atoms with Crippen LogP contribution in [-0.4, -0.2) is 51.6 Å². The van der Waals surface area contributed by atoms with Gasteiger partial charge in [0.2, 0.25) is 0 Å². The van der Waals surface area contributed by atoms with Gasteiger partial charge in [0.15, 0.2) is 7.28 Å². The number of carboxylic acids is 4. The number of aliphatic carboxylic acids is 4. The topological polar surface area (TPSA) is 149 Å². The molecule has 0 saturated carbocycles. The molecule has 0 saturated heterocycles. The maximum Gasteiger partial charge on any atom is 0.310 e. The molecule has 0 amide bonds. The third-order valence-corrected chi connectivity index (χ3v) is 4.17. The third-order valence-electron chi connectivity index (χ3n) is 4.17. The SMILES string of the molecule is O=C(O)CCCC(C(=O)O)C1=C(C(CCCC(=O)O)C(=O)O)C=CB1. The Bertz CT molecular complexity index is 607. The van der Waals surface area contributed by atoms with Crippen molar-refractivity contribution in [3.8, 4) is 0 Å². The van der Waals surface area contributed by atoms with E-state index in [1.165, 1.54) is 0 Å². The second kappa shape index (κ2) is 9.66. The van der Waals surface area contributed by atoms with E-state index < -0.39 is 35.7 Å². The smallest absolute Gasteiger partial charge is 0.310 e. The van der Waals surface area contributed by atoms with Crippen LogP contribution < -0.4 is 0 Å². The van der Waals surface area contributed by atoms with Crippen LogP contribution in [0, 0.1) is 11.8 Å². The summed E-state index contributed by atoms with van der Waals surface area (Å²) >= 11 is 0. The highest BCUT2D eigenvalue weighted by Gasteiger charge is 2.32. The molecule has 1 rings (SSSR count). The molecule has 9 heteroatoms. The quantitative estimate of drug-likeness (QED) is 0.382. The van der Waals surface area contributed by atoms with Crippen LogP contribution in [-0.2, 0) is 19.2 Å². The molecule has 1 aliphatic heterocycles. The first-order valence-corrected chi connectivity index (χ1v) is 8.02. The van der Waals surface area contributed by atoms with Gasteiger partial charge in [-0.2, -0.15) is 0 Å². The van der Waals surface area contributed by atoms with Crippen molar-refractivity contribution in [1.82, 2.24) is 0 Å². The molecule has 2 unspecified atom stereocenters. The van der Waals surface area contributed by atoms with Gasteiger partial charge in [0.25, 0.3) is 0 Å². The zero-order valence-corrected chi connectivity index (χ0v) is 13.7. The van der Waals surface area contributed by atoms with Crippen molar-refractivity contribution in [1.29, 1.82) is 0 Å². The summed E-state index contributed by atoms with van der Waals surface area (Å²) in [5, 5.41) is 36.3. The molecule has 0 aliphatic carbocycles. The van der Waals surface area contributed by atoms with Crippen LogP contribution in [0.2, 0.25) is 0 Å². The van der Waals surface area contributed by atoms with Crippen molar-refractivity contribution in [3.05, 3.63) is 23.1 Å². The van der Waals surface area contributed by atoms with Crippen molar-refractivity contribution in [2.24, 2.45) is 11.8 Å². The van der Waals surface area contributed by atoms with Crippen LogP contribution >= 0.6 is 0 Å². The van der Waals surface area contributed by atoms with Crippen LogP contribution in [0.15, 0.2) is 23.1 Å². The fraction of sp³-hybridized carbons (Fsp3) is 0.500. The number of hydrogen-bond donors (Lipinski definition) is 4. The fourth-order valence-corrected chi connectivity index (χ4v) is 2.99. The van der Waals surface area contributed by atoms with Gasteiger partial charge in [-0.25, -0.2) is 0 Å². The van der Waals surface area contributed by atoms with Crippen molar-refractivity contribution < 1.29 is 39.6 Å². The van der Waals surface area contributed by atoms with Gasteiger partial charge in [0.05, 0.1) is 11.8 Å². The first-order chi connectivity index (χ1) is 11.7. The average molecular weight is 352 g/mol. The second-order valence-corrected chi connectivity index (χ2v) is 5.94. The van der Waals surface area contributed by atoms with Gasteiger partial charge in [-0.05, 0) is 31.3 Å². The molecule has 0 fully saturated rings. The van der Waals surface area contributed by atoms with Crippen LogP contribution in [0.3, 0.4) is 0 Å². The lowest BCUT2D eigenvalue weighted by Crippen LogP contribution is -2.23. The van der Waals surface area contributed by atoms with Crippen molar-refractivity contribution in [2.45, 2.75) is 38.5 Å². The second-order valence-electron chi connectivity index (χ2n) is 5.94. The summed E-state index contributed by atoms with van der Waals surface area (Å²) in [6.45, 7) is 0. The molecule has 2 atom stereocenters. The Morgan fingerprint density at radius 3 is 1.76 bits per heavy atom. The molecule has 1 aliphatic rings. The van der Waals surface area contributed by atoms with E-state index in [1.807, 2.05) is 0 Å². The molecule has 0 spiro atoms. The summed E-state index contributed by atoms with van der Waals surface area (Å²) in [5.41, 5.74) is 0.876. The van der Waals surface area contributed by atoms with Crippen molar-refractivity contribution in [2.75, 3.05) is 0 Å². The summed E-state index contributed by atoms with van der Waals surface area (Å²) in [4.78, 5) is 44.3. The molecule has 8 nitrogen and oxygen atoms in total. The van der Waals surface area contributed by atoms with Gasteiger partial charge >= 0.3 is 23.9 Å². The van der Waals surface area contributed by atoms with E-state index >= 15 is 0 Å². The van der Waals surface area contributed by atoms with E-state index in [4.69, 9.17) is 10.2 Å². The molecule has 4 N–H and O–H groups in total. The Morgan fingerprint density at radius 1 is 0.840 bits per heavy atom. The molecule has 1 heterocycles. The summed E-state index contributed by atoms with van der Waals surface area (Å²) in [5.74, 6) is -4.49. The van der Waals surface area contributed by atoms with Crippen LogP contribution in [0.4, 0.5) is 0 Å². The normalized spacial score (nSPS) is 15.5. The minimum absolute atomic E-state index is 0.103. The van der Waals surface area contributed by atoms with Gasteiger partial charge in [0.1, 0.15) is 0 Å². The standard InChI is InChI=1S/C16H21BO8/c18-12(19)5-1-3-10(15(22)23)9-7-8-17-14(9)11(16(24)25)4-2-6-13(20)21/h7-8,10-11,17H,1-6H2,(H,18,19)(H,20,21)(H,22,23)(H,24,25). The fourth-order valence-electron chi connectivity index (χ4n) is 2.99. The maximum absolute atomic E-state index is 11.6. The van der Waals surface area contributed by atoms with Gasteiger partial charge in [0, 0.05) is 12.8 Å².